The second kappa shape index (κ2) is 8.21. The molecule has 2 heterocycles. The number of pyridine rings is 1. The standard InChI is InChI=1S/C18H28N4OS/c1-15(16-4-8-19-9-5-16)21-17(23)20-14-18(6-2-3-7-18)22-10-12-24-13-11-22/h4-5,8-9,15H,2-3,6-7,10-14H2,1H3,(H2,20,21,23). The Morgan fingerprint density at radius 2 is 1.96 bits per heavy atom. The first kappa shape index (κ1) is 17.5. The van der Waals surface area contributed by atoms with Crippen molar-refractivity contribution in [2.45, 2.75) is 44.2 Å². The first-order valence-electron chi connectivity index (χ1n) is 8.97. The van der Waals surface area contributed by atoms with Crippen molar-refractivity contribution in [1.29, 1.82) is 0 Å². The molecule has 2 fully saturated rings. The molecule has 1 saturated heterocycles. The number of aromatic nitrogens is 1. The number of rotatable bonds is 5. The van der Waals surface area contributed by atoms with Crippen molar-refractivity contribution in [2.24, 2.45) is 0 Å². The third-order valence-electron chi connectivity index (χ3n) is 5.35. The Bertz CT molecular complexity index is 527. The van der Waals surface area contributed by atoms with E-state index in [1.54, 1.807) is 12.4 Å². The summed E-state index contributed by atoms with van der Waals surface area (Å²) in [7, 11) is 0. The van der Waals surface area contributed by atoms with Gasteiger partial charge in [0.1, 0.15) is 0 Å². The molecular weight excluding hydrogens is 320 g/mol. The van der Waals surface area contributed by atoms with Gasteiger partial charge in [-0.1, -0.05) is 12.8 Å². The fraction of sp³-hybridized carbons (Fsp3) is 0.667. The summed E-state index contributed by atoms with van der Waals surface area (Å²) < 4.78 is 0. The quantitative estimate of drug-likeness (QED) is 0.859. The molecule has 6 heteroatoms. The maximum atomic E-state index is 12.3. The van der Waals surface area contributed by atoms with Crippen LogP contribution in [0.4, 0.5) is 4.79 Å². The van der Waals surface area contributed by atoms with Gasteiger partial charge in [-0.3, -0.25) is 9.88 Å². The Hall–Kier alpha value is -1.27. The molecule has 0 bridgehead atoms. The fourth-order valence-electron chi connectivity index (χ4n) is 3.90. The SMILES string of the molecule is CC(NC(=O)NCC1(N2CCSCC2)CCCC1)c1ccncc1. The molecule has 1 unspecified atom stereocenters. The Kier molecular flexibility index (Phi) is 6.00. The van der Waals surface area contributed by atoms with E-state index in [1.807, 2.05) is 30.8 Å². The average Bonchev–Trinajstić information content (AvgIpc) is 3.12. The van der Waals surface area contributed by atoms with E-state index in [4.69, 9.17) is 0 Å². The Morgan fingerprint density at radius 3 is 2.62 bits per heavy atom. The molecule has 1 saturated carbocycles. The third-order valence-corrected chi connectivity index (χ3v) is 6.29. The molecule has 0 spiro atoms. The summed E-state index contributed by atoms with van der Waals surface area (Å²) in [5.41, 5.74) is 1.25. The molecule has 24 heavy (non-hydrogen) atoms. The lowest BCUT2D eigenvalue weighted by Gasteiger charge is -2.43. The zero-order valence-corrected chi connectivity index (χ0v) is 15.3. The number of hydrogen-bond donors (Lipinski definition) is 2. The van der Waals surface area contributed by atoms with E-state index in [1.165, 1.54) is 37.2 Å². The van der Waals surface area contributed by atoms with Crippen molar-refractivity contribution < 1.29 is 4.79 Å². The lowest BCUT2D eigenvalue weighted by Crippen LogP contribution is -2.57. The van der Waals surface area contributed by atoms with Crippen molar-refractivity contribution >= 4 is 17.8 Å². The number of carbonyl (C=O) groups excluding carboxylic acids is 1. The molecule has 1 aliphatic heterocycles. The van der Waals surface area contributed by atoms with Gasteiger partial charge in [0.15, 0.2) is 0 Å². The van der Waals surface area contributed by atoms with Crippen LogP contribution in [0.3, 0.4) is 0 Å². The molecule has 1 aromatic heterocycles. The highest BCUT2D eigenvalue weighted by atomic mass is 32.2. The first-order valence-corrected chi connectivity index (χ1v) is 10.1. The van der Waals surface area contributed by atoms with Gasteiger partial charge in [0.25, 0.3) is 0 Å². The van der Waals surface area contributed by atoms with E-state index in [0.717, 1.165) is 25.2 Å². The van der Waals surface area contributed by atoms with Crippen molar-refractivity contribution in [1.82, 2.24) is 20.5 Å². The summed E-state index contributed by atoms with van der Waals surface area (Å²) in [5, 5.41) is 6.19. The average molecular weight is 349 g/mol. The number of carbonyl (C=O) groups is 1. The van der Waals surface area contributed by atoms with Crippen LogP contribution < -0.4 is 10.6 Å². The molecule has 3 rings (SSSR count). The van der Waals surface area contributed by atoms with Crippen molar-refractivity contribution in [2.75, 3.05) is 31.1 Å². The molecule has 1 atom stereocenters. The second-order valence-corrected chi connectivity index (χ2v) is 8.08. The highest BCUT2D eigenvalue weighted by Gasteiger charge is 2.40. The minimum Gasteiger partial charge on any atom is -0.336 e. The summed E-state index contributed by atoms with van der Waals surface area (Å²) in [6.07, 6.45) is 8.48. The van der Waals surface area contributed by atoms with E-state index >= 15 is 0 Å². The van der Waals surface area contributed by atoms with Gasteiger partial charge >= 0.3 is 6.03 Å². The first-order chi connectivity index (χ1) is 11.7. The molecule has 5 nitrogen and oxygen atoms in total. The maximum Gasteiger partial charge on any atom is 0.315 e. The Labute approximate surface area is 149 Å². The molecule has 2 amide bonds. The number of thioether (sulfide) groups is 1. The summed E-state index contributed by atoms with van der Waals surface area (Å²) >= 11 is 2.04. The third kappa shape index (κ3) is 4.22. The fourth-order valence-corrected chi connectivity index (χ4v) is 4.81. The lowest BCUT2D eigenvalue weighted by atomic mass is 9.94. The summed E-state index contributed by atoms with van der Waals surface area (Å²) in [5.74, 6) is 2.43. The van der Waals surface area contributed by atoms with Gasteiger partial charge in [0, 0.05) is 49.1 Å². The van der Waals surface area contributed by atoms with Crippen LogP contribution in [-0.4, -0.2) is 52.6 Å². The van der Waals surface area contributed by atoms with Crippen molar-refractivity contribution in [3.63, 3.8) is 0 Å². The number of nitrogens with zero attached hydrogens (tertiary/aromatic N) is 2. The van der Waals surface area contributed by atoms with Crippen LogP contribution >= 0.6 is 11.8 Å². The van der Waals surface area contributed by atoms with Gasteiger partial charge < -0.3 is 10.6 Å². The summed E-state index contributed by atoms with van der Waals surface area (Å²) in [6.45, 7) is 5.07. The van der Waals surface area contributed by atoms with Gasteiger partial charge in [-0.05, 0) is 37.5 Å². The largest absolute Gasteiger partial charge is 0.336 e. The summed E-state index contributed by atoms with van der Waals surface area (Å²) in [4.78, 5) is 19.0. The van der Waals surface area contributed by atoms with Gasteiger partial charge in [-0.25, -0.2) is 4.79 Å². The van der Waals surface area contributed by atoms with Gasteiger partial charge in [0.2, 0.25) is 0 Å². The molecule has 2 N–H and O–H groups in total. The monoisotopic (exact) mass is 348 g/mol. The zero-order chi connectivity index (χ0) is 16.8. The maximum absolute atomic E-state index is 12.3. The van der Waals surface area contributed by atoms with Gasteiger partial charge in [-0.15, -0.1) is 0 Å². The Balaban J connectivity index is 1.53. The second-order valence-electron chi connectivity index (χ2n) is 6.86. The van der Waals surface area contributed by atoms with Crippen LogP contribution in [0.15, 0.2) is 24.5 Å². The van der Waals surface area contributed by atoms with Gasteiger partial charge in [-0.2, -0.15) is 11.8 Å². The van der Waals surface area contributed by atoms with Crippen LogP contribution in [0.25, 0.3) is 0 Å². The van der Waals surface area contributed by atoms with Gasteiger partial charge in [0.05, 0.1) is 6.04 Å². The zero-order valence-electron chi connectivity index (χ0n) is 14.5. The van der Waals surface area contributed by atoms with E-state index in [9.17, 15) is 4.79 Å². The predicted octanol–water partition coefficient (Wildman–Crippen LogP) is 2.80. The molecule has 1 aliphatic carbocycles. The van der Waals surface area contributed by atoms with Crippen LogP contribution in [0, 0.1) is 0 Å². The number of nitrogens with one attached hydrogen (secondary N) is 2. The molecule has 0 aromatic carbocycles. The van der Waals surface area contributed by atoms with Crippen molar-refractivity contribution in [3.8, 4) is 0 Å². The Morgan fingerprint density at radius 1 is 1.29 bits per heavy atom. The molecule has 0 radical (unpaired) electrons. The molecule has 132 valence electrons. The van der Waals surface area contributed by atoms with E-state index in [-0.39, 0.29) is 17.6 Å². The van der Waals surface area contributed by atoms with E-state index in [0.29, 0.717) is 0 Å². The normalized spacial score (nSPS) is 22.0. The minimum atomic E-state index is -0.0722. The topological polar surface area (TPSA) is 57.3 Å². The van der Waals surface area contributed by atoms with Crippen LogP contribution in [0.1, 0.15) is 44.2 Å². The molecular formula is C18H28N4OS. The predicted molar refractivity (Wildman–Crippen MR) is 99.3 cm³/mol. The van der Waals surface area contributed by atoms with Crippen LogP contribution in [0.5, 0.6) is 0 Å². The number of amides is 2. The number of urea groups is 1. The summed E-state index contributed by atoms with van der Waals surface area (Å²) in [6, 6.07) is 3.79. The minimum absolute atomic E-state index is 0.0149. The molecule has 1 aromatic rings. The van der Waals surface area contributed by atoms with Crippen molar-refractivity contribution in [3.05, 3.63) is 30.1 Å². The lowest BCUT2D eigenvalue weighted by molar-refractivity contribution is 0.104. The highest BCUT2D eigenvalue weighted by Crippen LogP contribution is 2.36. The van der Waals surface area contributed by atoms with Crippen LogP contribution in [0.2, 0.25) is 0 Å². The number of hydrogen-bond acceptors (Lipinski definition) is 4. The smallest absolute Gasteiger partial charge is 0.315 e. The molecule has 2 aliphatic rings. The van der Waals surface area contributed by atoms with E-state index < -0.39 is 0 Å². The van der Waals surface area contributed by atoms with E-state index in [2.05, 4.69) is 20.5 Å². The highest BCUT2D eigenvalue weighted by molar-refractivity contribution is 7.99. The van der Waals surface area contributed by atoms with Crippen LogP contribution in [-0.2, 0) is 0 Å².